The third-order valence-corrected chi connectivity index (χ3v) is 4.92. The molecule has 23 heavy (non-hydrogen) atoms. The second-order valence-electron chi connectivity index (χ2n) is 6.15. The van der Waals surface area contributed by atoms with Crippen molar-refractivity contribution in [2.45, 2.75) is 39.2 Å². The molecule has 0 radical (unpaired) electrons. The lowest BCUT2D eigenvalue weighted by Crippen LogP contribution is -2.29. The number of ketones is 1. The SMILES string of the molecule is COCCCOc1cc(OC2CCC(C)(C)C2=O)c(I)nc1Cl. The van der Waals surface area contributed by atoms with E-state index in [1.54, 1.807) is 13.2 Å². The van der Waals surface area contributed by atoms with Gasteiger partial charge in [0.2, 0.25) is 0 Å². The minimum Gasteiger partial charge on any atom is -0.490 e. The van der Waals surface area contributed by atoms with Gasteiger partial charge in [-0.1, -0.05) is 25.4 Å². The molecule has 1 aromatic heterocycles. The van der Waals surface area contributed by atoms with Gasteiger partial charge in [-0.3, -0.25) is 4.79 Å². The number of halogens is 2. The van der Waals surface area contributed by atoms with Crippen LogP contribution in [0.2, 0.25) is 5.15 Å². The Kier molecular flexibility index (Phi) is 6.50. The molecular formula is C16H21ClINO4. The Morgan fingerprint density at radius 3 is 2.74 bits per heavy atom. The number of methoxy groups -OCH3 is 1. The molecule has 0 aromatic carbocycles. The zero-order valence-electron chi connectivity index (χ0n) is 13.5. The van der Waals surface area contributed by atoms with Gasteiger partial charge in [0.15, 0.2) is 28.5 Å². The topological polar surface area (TPSA) is 57.7 Å². The van der Waals surface area contributed by atoms with Crippen LogP contribution in [0.15, 0.2) is 6.07 Å². The molecule has 0 saturated heterocycles. The molecule has 1 heterocycles. The molecule has 1 aliphatic carbocycles. The average Bonchev–Trinajstić information content (AvgIpc) is 2.74. The minimum atomic E-state index is -0.428. The van der Waals surface area contributed by atoms with E-state index in [-0.39, 0.29) is 16.4 Å². The van der Waals surface area contributed by atoms with Gasteiger partial charge in [-0.25, -0.2) is 4.98 Å². The van der Waals surface area contributed by atoms with Crippen molar-refractivity contribution in [3.8, 4) is 11.5 Å². The molecule has 128 valence electrons. The van der Waals surface area contributed by atoms with Gasteiger partial charge in [-0.15, -0.1) is 0 Å². The molecule has 5 nitrogen and oxygen atoms in total. The molecule has 1 fully saturated rings. The lowest BCUT2D eigenvalue weighted by atomic mass is 9.91. The fraction of sp³-hybridized carbons (Fsp3) is 0.625. The summed E-state index contributed by atoms with van der Waals surface area (Å²) in [6.07, 6.45) is 1.87. The summed E-state index contributed by atoms with van der Waals surface area (Å²) < 4.78 is 17.1. The Labute approximate surface area is 155 Å². The van der Waals surface area contributed by atoms with Crippen molar-refractivity contribution in [2.75, 3.05) is 20.3 Å². The minimum absolute atomic E-state index is 0.130. The first-order valence-corrected chi connectivity index (χ1v) is 8.99. The number of hydrogen-bond acceptors (Lipinski definition) is 5. The number of nitrogens with zero attached hydrogens (tertiary/aromatic N) is 1. The van der Waals surface area contributed by atoms with Crippen LogP contribution in [0.4, 0.5) is 0 Å². The Hall–Kier alpha value is -0.600. The average molecular weight is 454 g/mol. The number of Topliss-reactive ketones (excluding diaryl/α,β-unsaturated/α-hetero) is 1. The monoisotopic (exact) mass is 453 g/mol. The smallest absolute Gasteiger partial charge is 0.178 e. The van der Waals surface area contributed by atoms with Crippen molar-refractivity contribution < 1.29 is 19.0 Å². The van der Waals surface area contributed by atoms with Gasteiger partial charge in [0.05, 0.1) is 6.61 Å². The van der Waals surface area contributed by atoms with Gasteiger partial charge in [0, 0.05) is 31.6 Å². The molecule has 1 aliphatic rings. The molecule has 1 unspecified atom stereocenters. The predicted octanol–water partition coefficient (Wildman–Crippen LogP) is 3.89. The molecule has 1 aromatic rings. The van der Waals surface area contributed by atoms with Gasteiger partial charge in [-0.2, -0.15) is 0 Å². The molecule has 7 heteroatoms. The number of pyridine rings is 1. The summed E-state index contributed by atoms with van der Waals surface area (Å²) in [7, 11) is 1.64. The number of hydrogen-bond donors (Lipinski definition) is 0. The Bertz CT molecular complexity index is 579. The van der Waals surface area contributed by atoms with E-state index in [4.69, 9.17) is 25.8 Å². The van der Waals surface area contributed by atoms with Crippen molar-refractivity contribution in [3.63, 3.8) is 0 Å². The summed E-state index contributed by atoms with van der Waals surface area (Å²) in [5, 5.41) is 0.289. The maximum absolute atomic E-state index is 12.3. The van der Waals surface area contributed by atoms with Crippen LogP contribution in [0.25, 0.3) is 0 Å². The highest BCUT2D eigenvalue weighted by atomic mass is 127. The van der Waals surface area contributed by atoms with Crippen LogP contribution in [0.5, 0.6) is 11.5 Å². The summed E-state index contributed by atoms with van der Waals surface area (Å²) in [4.78, 5) is 16.6. The van der Waals surface area contributed by atoms with E-state index in [2.05, 4.69) is 4.98 Å². The molecule has 0 bridgehead atoms. The first-order valence-electron chi connectivity index (χ1n) is 7.54. The van der Waals surface area contributed by atoms with Gasteiger partial charge < -0.3 is 14.2 Å². The highest BCUT2D eigenvalue weighted by Gasteiger charge is 2.42. The largest absolute Gasteiger partial charge is 0.490 e. The lowest BCUT2D eigenvalue weighted by Gasteiger charge is -2.18. The third kappa shape index (κ3) is 4.70. The highest BCUT2D eigenvalue weighted by molar-refractivity contribution is 14.1. The van der Waals surface area contributed by atoms with Gasteiger partial charge in [0.1, 0.15) is 3.70 Å². The van der Waals surface area contributed by atoms with Crippen molar-refractivity contribution in [1.82, 2.24) is 4.98 Å². The molecule has 0 aliphatic heterocycles. The number of carbonyl (C=O) groups excluding carboxylic acids is 1. The maximum Gasteiger partial charge on any atom is 0.178 e. The van der Waals surface area contributed by atoms with Crippen LogP contribution < -0.4 is 9.47 Å². The van der Waals surface area contributed by atoms with E-state index < -0.39 is 6.10 Å². The number of aromatic nitrogens is 1. The molecule has 0 N–H and O–H groups in total. The molecule has 1 saturated carbocycles. The first kappa shape index (κ1) is 18.7. The fourth-order valence-electron chi connectivity index (χ4n) is 2.45. The molecule has 2 rings (SSSR count). The van der Waals surface area contributed by atoms with Crippen LogP contribution >= 0.6 is 34.2 Å². The van der Waals surface area contributed by atoms with Crippen molar-refractivity contribution in [3.05, 3.63) is 14.9 Å². The van der Waals surface area contributed by atoms with E-state index in [1.807, 2.05) is 36.4 Å². The van der Waals surface area contributed by atoms with Crippen LogP contribution in [-0.2, 0) is 9.53 Å². The fourth-order valence-corrected chi connectivity index (χ4v) is 3.31. The molecule has 0 spiro atoms. The maximum atomic E-state index is 12.3. The second-order valence-corrected chi connectivity index (χ2v) is 7.53. The van der Waals surface area contributed by atoms with Crippen LogP contribution in [0.1, 0.15) is 33.1 Å². The standard InChI is InChI=1S/C16H21ClINO4/c1-16(2)6-5-10(13(16)20)23-12-9-11(14(17)19-15(12)18)22-8-4-7-21-3/h9-10H,4-8H2,1-3H3. The summed E-state index contributed by atoms with van der Waals surface area (Å²) >= 11 is 8.16. The van der Waals surface area contributed by atoms with Crippen LogP contribution in [-0.4, -0.2) is 37.2 Å². The molecular weight excluding hydrogens is 433 g/mol. The van der Waals surface area contributed by atoms with Crippen LogP contribution in [0.3, 0.4) is 0 Å². The number of carbonyl (C=O) groups is 1. The van der Waals surface area contributed by atoms with E-state index >= 15 is 0 Å². The molecule has 0 amide bonds. The zero-order valence-corrected chi connectivity index (χ0v) is 16.4. The van der Waals surface area contributed by atoms with Gasteiger partial charge >= 0.3 is 0 Å². The summed E-state index contributed by atoms with van der Waals surface area (Å²) in [6.45, 7) is 5.00. The van der Waals surface area contributed by atoms with Crippen LogP contribution in [0, 0.1) is 9.12 Å². The Morgan fingerprint density at radius 1 is 1.39 bits per heavy atom. The number of rotatable bonds is 7. The van der Waals surface area contributed by atoms with E-state index in [9.17, 15) is 4.79 Å². The normalized spacial score (nSPS) is 19.9. The highest BCUT2D eigenvalue weighted by Crippen LogP contribution is 2.38. The second kappa shape index (κ2) is 7.98. The Morgan fingerprint density at radius 2 is 2.13 bits per heavy atom. The summed E-state index contributed by atoms with van der Waals surface area (Å²) in [5.74, 6) is 1.13. The molecule has 1 atom stereocenters. The van der Waals surface area contributed by atoms with Crippen molar-refractivity contribution in [1.29, 1.82) is 0 Å². The van der Waals surface area contributed by atoms with E-state index in [0.29, 0.717) is 34.8 Å². The first-order chi connectivity index (χ1) is 10.8. The zero-order chi connectivity index (χ0) is 17.0. The summed E-state index contributed by atoms with van der Waals surface area (Å²) in [6, 6.07) is 1.71. The predicted molar refractivity (Wildman–Crippen MR) is 96.4 cm³/mol. The van der Waals surface area contributed by atoms with E-state index in [1.165, 1.54) is 0 Å². The van der Waals surface area contributed by atoms with E-state index in [0.717, 1.165) is 12.8 Å². The van der Waals surface area contributed by atoms with Crippen molar-refractivity contribution in [2.24, 2.45) is 5.41 Å². The van der Waals surface area contributed by atoms with Crippen molar-refractivity contribution >= 4 is 40.0 Å². The number of ether oxygens (including phenoxy) is 3. The van der Waals surface area contributed by atoms with Gasteiger partial charge in [-0.05, 0) is 35.4 Å². The van der Waals surface area contributed by atoms with Gasteiger partial charge in [0.25, 0.3) is 0 Å². The lowest BCUT2D eigenvalue weighted by molar-refractivity contribution is -0.129. The quantitative estimate of drug-likeness (QED) is 0.356. The third-order valence-electron chi connectivity index (χ3n) is 3.88. The summed E-state index contributed by atoms with van der Waals surface area (Å²) in [5.41, 5.74) is -0.324. The Balaban J connectivity index is 2.08.